The molecular weight excluding hydrogens is 414 g/mol. The molecule has 6 heteroatoms. The van der Waals surface area contributed by atoms with Gasteiger partial charge in [-0.15, -0.1) is 0 Å². The van der Waals surface area contributed by atoms with Crippen molar-refractivity contribution in [1.82, 2.24) is 14.9 Å². The second-order valence-electron chi connectivity index (χ2n) is 8.79. The smallest absolute Gasteiger partial charge is 0.249 e. The van der Waals surface area contributed by atoms with Crippen LogP contribution < -0.4 is 10.1 Å². The Kier molecular flexibility index (Phi) is 8.00. The van der Waals surface area contributed by atoms with E-state index in [1.807, 2.05) is 18.2 Å². The minimum atomic E-state index is -0.272. The van der Waals surface area contributed by atoms with Crippen LogP contribution in [-0.4, -0.2) is 41.3 Å². The van der Waals surface area contributed by atoms with Gasteiger partial charge >= 0.3 is 0 Å². The van der Waals surface area contributed by atoms with E-state index < -0.39 is 0 Å². The molecule has 1 aliphatic rings. The maximum Gasteiger partial charge on any atom is 0.249 e. The van der Waals surface area contributed by atoms with E-state index in [0.29, 0.717) is 25.7 Å². The number of carbonyl (C=O) groups is 1. The first kappa shape index (κ1) is 23.3. The fraction of sp³-hybridized carbons (Fsp3) is 0.481. The molecule has 1 aliphatic heterocycles. The van der Waals surface area contributed by atoms with Crippen molar-refractivity contribution >= 4 is 16.9 Å². The lowest BCUT2D eigenvalue weighted by Gasteiger charge is -2.13. The molecule has 1 N–H and O–H groups in total. The number of hydrogen-bond acceptors (Lipinski definition) is 4. The zero-order chi connectivity index (χ0) is 23.0. The van der Waals surface area contributed by atoms with Crippen LogP contribution in [-0.2, 0) is 22.5 Å². The van der Waals surface area contributed by atoms with Gasteiger partial charge in [0.15, 0.2) is 0 Å². The molecule has 0 spiro atoms. The summed E-state index contributed by atoms with van der Waals surface area (Å²) in [6, 6.07) is 16.6. The topological polar surface area (TPSA) is 65.4 Å². The Morgan fingerprint density at radius 3 is 2.82 bits per heavy atom. The molecule has 0 bridgehead atoms. The Morgan fingerprint density at radius 2 is 2.06 bits per heavy atom. The molecule has 1 aromatic heterocycles. The van der Waals surface area contributed by atoms with Crippen molar-refractivity contribution in [2.45, 2.75) is 64.5 Å². The van der Waals surface area contributed by atoms with Gasteiger partial charge < -0.3 is 19.4 Å². The van der Waals surface area contributed by atoms with Crippen LogP contribution in [0.25, 0.3) is 11.0 Å². The number of amides is 1. The van der Waals surface area contributed by atoms with Crippen LogP contribution in [0.3, 0.4) is 0 Å². The molecule has 33 heavy (non-hydrogen) atoms. The fourth-order valence-electron chi connectivity index (χ4n) is 4.31. The Morgan fingerprint density at radius 1 is 1.24 bits per heavy atom. The van der Waals surface area contributed by atoms with E-state index in [2.05, 4.69) is 54.1 Å². The van der Waals surface area contributed by atoms with Crippen molar-refractivity contribution in [3.63, 3.8) is 0 Å². The molecule has 0 saturated carbocycles. The summed E-state index contributed by atoms with van der Waals surface area (Å²) in [5.41, 5.74) is 3.46. The maximum atomic E-state index is 12.1. The number of para-hydroxylation sites is 2. The molecule has 2 unspecified atom stereocenters. The van der Waals surface area contributed by atoms with Gasteiger partial charge in [0.2, 0.25) is 5.91 Å². The quantitative estimate of drug-likeness (QED) is 0.425. The summed E-state index contributed by atoms with van der Waals surface area (Å²) in [4.78, 5) is 17.0. The maximum absolute atomic E-state index is 12.1. The van der Waals surface area contributed by atoms with E-state index in [-0.39, 0.29) is 12.0 Å². The van der Waals surface area contributed by atoms with Gasteiger partial charge in [-0.3, -0.25) is 4.79 Å². The first-order chi connectivity index (χ1) is 16.2. The van der Waals surface area contributed by atoms with E-state index in [1.54, 1.807) is 0 Å². The third-order valence-electron chi connectivity index (χ3n) is 6.48. The van der Waals surface area contributed by atoms with Gasteiger partial charge in [-0.2, -0.15) is 0 Å². The second kappa shape index (κ2) is 11.3. The zero-order valence-electron chi connectivity index (χ0n) is 19.8. The van der Waals surface area contributed by atoms with Gasteiger partial charge in [0.05, 0.1) is 17.6 Å². The van der Waals surface area contributed by atoms with Crippen LogP contribution in [0.5, 0.6) is 5.75 Å². The second-order valence-corrected chi connectivity index (χ2v) is 8.79. The summed E-state index contributed by atoms with van der Waals surface area (Å²) in [6.45, 7) is 7.07. The van der Waals surface area contributed by atoms with E-state index in [1.165, 1.54) is 5.56 Å². The summed E-state index contributed by atoms with van der Waals surface area (Å²) in [6.07, 6.45) is 4.28. The minimum Gasteiger partial charge on any atom is -0.492 e. The van der Waals surface area contributed by atoms with Crippen molar-refractivity contribution in [2.75, 3.05) is 19.8 Å². The summed E-state index contributed by atoms with van der Waals surface area (Å²) < 4.78 is 13.7. The van der Waals surface area contributed by atoms with E-state index >= 15 is 0 Å². The van der Waals surface area contributed by atoms with Gasteiger partial charge in [-0.1, -0.05) is 38.1 Å². The number of aryl methyl sites for hydroxylation is 1. The molecule has 2 aromatic carbocycles. The highest BCUT2D eigenvalue weighted by molar-refractivity contribution is 5.80. The normalized spacial score (nSPS) is 16.7. The molecule has 0 aliphatic carbocycles. The lowest BCUT2D eigenvalue weighted by Crippen LogP contribution is -2.34. The van der Waals surface area contributed by atoms with Crippen LogP contribution in [0.4, 0.5) is 0 Å². The van der Waals surface area contributed by atoms with Gasteiger partial charge in [0.25, 0.3) is 0 Å². The molecule has 2 heterocycles. The van der Waals surface area contributed by atoms with Crippen LogP contribution in [0, 0.1) is 0 Å². The number of fused-ring (bicyclic) bond motifs is 1. The number of rotatable bonds is 11. The number of imidazole rings is 1. The summed E-state index contributed by atoms with van der Waals surface area (Å²) in [5.74, 6) is 2.49. The van der Waals surface area contributed by atoms with Gasteiger partial charge in [0.1, 0.15) is 24.3 Å². The van der Waals surface area contributed by atoms with Crippen molar-refractivity contribution in [1.29, 1.82) is 0 Å². The predicted octanol–water partition coefficient (Wildman–Crippen LogP) is 4.86. The monoisotopic (exact) mass is 449 g/mol. The Hall–Kier alpha value is -2.86. The molecule has 3 aromatic rings. The third kappa shape index (κ3) is 5.93. The Balaban J connectivity index is 1.33. The number of benzene rings is 2. The van der Waals surface area contributed by atoms with Crippen molar-refractivity contribution < 1.29 is 14.3 Å². The van der Waals surface area contributed by atoms with Gasteiger partial charge in [0, 0.05) is 19.6 Å². The standard InChI is InChI=1S/C27H35N3O3/c1-3-20(2)21-12-14-22(15-13-21)32-19-17-30-24-9-5-4-8-23(24)29-26(30)11-6-16-28-27(31)25-10-7-18-33-25/h4-5,8-9,12-15,20,25H,3,6-7,10-11,16-19H2,1-2H3,(H,28,31). The number of ether oxygens (including phenoxy) is 2. The van der Waals surface area contributed by atoms with Crippen LogP contribution in [0.1, 0.15) is 56.8 Å². The van der Waals surface area contributed by atoms with Crippen LogP contribution in [0.2, 0.25) is 0 Å². The van der Waals surface area contributed by atoms with Crippen LogP contribution in [0.15, 0.2) is 48.5 Å². The molecule has 1 saturated heterocycles. The highest BCUT2D eigenvalue weighted by Crippen LogP contribution is 2.22. The first-order valence-electron chi connectivity index (χ1n) is 12.2. The molecule has 0 radical (unpaired) electrons. The molecule has 1 fully saturated rings. The SMILES string of the molecule is CCC(C)c1ccc(OCCn2c(CCCNC(=O)C3CCCO3)nc3ccccc32)cc1. The number of nitrogens with one attached hydrogen (secondary N) is 1. The highest BCUT2D eigenvalue weighted by atomic mass is 16.5. The van der Waals surface area contributed by atoms with Gasteiger partial charge in [-0.05, 0) is 61.4 Å². The van der Waals surface area contributed by atoms with Crippen molar-refractivity contribution in [3.8, 4) is 5.75 Å². The van der Waals surface area contributed by atoms with Crippen molar-refractivity contribution in [3.05, 3.63) is 59.9 Å². The lowest BCUT2D eigenvalue weighted by atomic mass is 9.99. The average molecular weight is 450 g/mol. The zero-order valence-corrected chi connectivity index (χ0v) is 19.8. The molecule has 4 rings (SSSR count). The Labute approximate surface area is 196 Å². The summed E-state index contributed by atoms with van der Waals surface area (Å²) in [7, 11) is 0. The average Bonchev–Trinajstić information content (AvgIpc) is 3.50. The fourth-order valence-corrected chi connectivity index (χ4v) is 4.31. The van der Waals surface area contributed by atoms with Crippen molar-refractivity contribution in [2.24, 2.45) is 0 Å². The largest absolute Gasteiger partial charge is 0.492 e. The lowest BCUT2D eigenvalue weighted by molar-refractivity contribution is -0.130. The minimum absolute atomic E-state index is 0.00810. The number of hydrogen-bond donors (Lipinski definition) is 1. The number of carbonyl (C=O) groups excluding carboxylic acids is 1. The summed E-state index contributed by atoms with van der Waals surface area (Å²) in [5, 5.41) is 3.00. The number of aromatic nitrogens is 2. The molecule has 176 valence electrons. The Bertz CT molecular complexity index is 1040. The highest BCUT2D eigenvalue weighted by Gasteiger charge is 2.22. The number of nitrogens with zero attached hydrogens (tertiary/aromatic N) is 2. The molecule has 6 nitrogen and oxygen atoms in total. The van der Waals surface area contributed by atoms with E-state index in [4.69, 9.17) is 14.5 Å². The third-order valence-corrected chi connectivity index (χ3v) is 6.48. The molecular formula is C27H35N3O3. The molecule has 2 atom stereocenters. The van der Waals surface area contributed by atoms with E-state index in [0.717, 1.165) is 61.3 Å². The van der Waals surface area contributed by atoms with Gasteiger partial charge in [-0.25, -0.2) is 4.98 Å². The summed E-state index contributed by atoms with van der Waals surface area (Å²) >= 11 is 0. The molecule has 1 amide bonds. The van der Waals surface area contributed by atoms with Crippen LogP contribution >= 0.6 is 0 Å². The predicted molar refractivity (Wildman–Crippen MR) is 131 cm³/mol. The van der Waals surface area contributed by atoms with E-state index in [9.17, 15) is 4.79 Å². The first-order valence-corrected chi connectivity index (χ1v) is 12.2.